The molecule has 0 aliphatic carbocycles. The minimum atomic E-state index is -0.343. The van der Waals surface area contributed by atoms with Crippen LogP contribution >= 0.6 is 0 Å². The van der Waals surface area contributed by atoms with Crippen LogP contribution in [-0.4, -0.2) is 24.2 Å². The maximum absolute atomic E-state index is 12.6. The SMILES string of the molecule is Cc1cccc(C)c1-n1c(-c2cc(-c3cccc4c3nc(-c3cc(C(C)(C)C)cc(C(C)(C)C)c3O)n4-c3ccccc3-c3ccccc3)cc(C(C)(C)C)c2)nc2cc3oc4ccc(-c5ccccc5)cc4c3cc21. The van der Waals surface area contributed by atoms with Crippen molar-refractivity contribution >= 4 is 44.0 Å². The third-order valence-electron chi connectivity index (χ3n) is 15.3. The fraction of sp³-hybridized carbons (Fsp3) is 0.200. The summed E-state index contributed by atoms with van der Waals surface area (Å²) in [5.41, 5.74) is 20.2. The molecule has 0 bridgehead atoms. The number of fused-ring (bicyclic) bond motifs is 5. The monoisotopic (exact) mass is 993 g/mol. The highest BCUT2D eigenvalue weighted by Gasteiger charge is 2.30. The molecule has 12 aromatic rings. The van der Waals surface area contributed by atoms with Gasteiger partial charge in [0, 0.05) is 39.1 Å². The first-order valence-corrected chi connectivity index (χ1v) is 26.5. The van der Waals surface area contributed by atoms with E-state index >= 15 is 0 Å². The van der Waals surface area contributed by atoms with E-state index in [0.29, 0.717) is 11.4 Å². The summed E-state index contributed by atoms with van der Waals surface area (Å²) < 4.78 is 11.3. The van der Waals surface area contributed by atoms with Crippen LogP contribution in [0.3, 0.4) is 0 Å². The molecule has 0 spiro atoms. The fourth-order valence-corrected chi connectivity index (χ4v) is 11.2. The topological polar surface area (TPSA) is 69.0 Å². The minimum Gasteiger partial charge on any atom is -0.507 e. The summed E-state index contributed by atoms with van der Waals surface area (Å²) in [6.07, 6.45) is 0. The number of nitrogens with zero attached hydrogens (tertiary/aromatic N) is 4. The number of imidazole rings is 2. The van der Waals surface area contributed by atoms with Crippen molar-refractivity contribution in [3.05, 3.63) is 210 Å². The molecule has 0 saturated heterocycles. The number of phenols is 1. The number of rotatable bonds is 7. The van der Waals surface area contributed by atoms with Gasteiger partial charge in [-0.25, -0.2) is 9.97 Å². The normalized spacial score (nSPS) is 12.5. The number of aromatic nitrogens is 4. The second-order valence-corrected chi connectivity index (χ2v) is 23.8. The molecule has 0 aliphatic heterocycles. The Hall–Kier alpha value is -8.48. The molecule has 0 radical (unpaired) electrons. The van der Waals surface area contributed by atoms with Gasteiger partial charge in [-0.1, -0.05) is 190 Å². The minimum absolute atomic E-state index is 0.201. The molecule has 0 aliphatic rings. The fourth-order valence-electron chi connectivity index (χ4n) is 11.2. The highest BCUT2D eigenvalue weighted by Crippen LogP contribution is 2.47. The van der Waals surface area contributed by atoms with E-state index in [9.17, 15) is 5.11 Å². The van der Waals surface area contributed by atoms with Crippen LogP contribution in [0.25, 0.3) is 112 Å². The molecular weight excluding hydrogens is 929 g/mol. The van der Waals surface area contributed by atoms with Gasteiger partial charge in [-0.2, -0.15) is 0 Å². The highest BCUT2D eigenvalue weighted by molar-refractivity contribution is 6.11. The van der Waals surface area contributed by atoms with Gasteiger partial charge in [0.25, 0.3) is 0 Å². The number of aryl methyl sites for hydroxylation is 2. The molecule has 0 unspecified atom stereocenters. The van der Waals surface area contributed by atoms with E-state index < -0.39 is 0 Å². The smallest absolute Gasteiger partial charge is 0.149 e. The molecule has 0 saturated carbocycles. The first-order chi connectivity index (χ1) is 36.3. The average molecular weight is 993 g/mol. The maximum Gasteiger partial charge on any atom is 0.149 e. The van der Waals surface area contributed by atoms with Crippen LogP contribution in [0.4, 0.5) is 0 Å². The molecule has 12 rings (SSSR count). The summed E-state index contributed by atoms with van der Waals surface area (Å²) in [6.45, 7) is 24.4. The molecule has 76 heavy (non-hydrogen) atoms. The Morgan fingerprint density at radius 3 is 1.74 bits per heavy atom. The van der Waals surface area contributed by atoms with E-state index in [1.807, 2.05) is 0 Å². The van der Waals surface area contributed by atoms with Gasteiger partial charge in [-0.3, -0.25) is 9.13 Å². The summed E-state index contributed by atoms with van der Waals surface area (Å²) >= 11 is 0. The van der Waals surface area contributed by atoms with E-state index in [4.69, 9.17) is 14.4 Å². The maximum atomic E-state index is 12.6. The van der Waals surface area contributed by atoms with E-state index in [1.54, 1.807) is 0 Å². The standard InChI is InChI=1S/C70H64N4O2/c1-42-22-20-23-43(2)64(42)74-60-40-54-53-37-46(44-24-14-12-15-25-44)32-33-61(53)76-62(54)41-57(60)71-66(74)48-34-47(35-49(36-48)68(3,4)5)52-29-21-31-59-63(52)72-67(55-38-50(69(6,7)8)39-56(65(55)75)70(9,10)11)73(59)58-30-19-18-28-51(58)45-26-16-13-17-27-45/h12-41,75H,1-11H3. The number of benzene rings is 9. The number of phenolic OH excluding ortho intramolecular Hbond substituents is 1. The van der Waals surface area contributed by atoms with Gasteiger partial charge in [-0.05, 0) is 123 Å². The van der Waals surface area contributed by atoms with Gasteiger partial charge >= 0.3 is 0 Å². The van der Waals surface area contributed by atoms with Crippen LogP contribution in [0.5, 0.6) is 5.75 Å². The largest absolute Gasteiger partial charge is 0.507 e. The number of furan rings is 1. The molecule has 1 N–H and O–H groups in total. The zero-order valence-electron chi connectivity index (χ0n) is 45.5. The molecule has 0 amide bonds. The van der Waals surface area contributed by atoms with Crippen molar-refractivity contribution in [1.82, 2.24) is 19.1 Å². The van der Waals surface area contributed by atoms with Crippen molar-refractivity contribution in [2.24, 2.45) is 0 Å². The zero-order valence-corrected chi connectivity index (χ0v) is 45.5. The van der Waals surface area contributed by atoms with E-state index in [0.717, 1.165) is 122 Å². The molecule has 3 aromatic heterocycles. The van der Waals surface area contributed by atoms with Crippen molar-refractivity contribution in [2.45, 2.75) is 92.4 Å². The lowest BCUT2D eigenvalue weighted by Crippen LogP contribution is -2.17. The Kier molecular flexibility index (Phi) is 11.4. The molecule has 0 fully saturated rings. The summed E-state index contributed by atoms with van der Waals surface area (Å²) in [7, 11) is 0. The predicted molar refractivity (Wildman–Crippen MR) is 317 cm³/mol. The number of para-hydroxylation sites is 3. The molecule has 3 heterocycles. The van der Waals surface area contributed by atoms with Crippen molar-refractivity contribution in [3.8, 4) is 73.3 Å². The van der Waals surface area contributed by atoms with E-state index in [-0.39, 0.29) is 22.0 Å². The lowest BCUT2D eigenvalue weighted by atomic mass is 9.79. The lowest BCUT2D eigenvalue weighted by molar-refractivity contribution is 0.446. The van der Waals surface area contributed by atoms with Crippen molar-refractivity contribution in [1.29, 1.82) is 0 Å². The van der Waals surface area contributed by atoms with Gasteiger partial charge in [-0.15, -0.1) is 0 Å². The number of hydrogen-bond acceptors (Lipinski definition) is 4. The summed E-state index contributed by atoms with van der Waals surface area (Å²) in [5, 5.41) is 14.7. The quantitative estimate of drug-likeness (QED) is 0.173. The molecule has 0 atom stereocenters. The van der Waals surface area contributed by atoms with Crippen molar-refractivity contribution in [2.75, 3.05) is 0 Å². The predicted octanol–water partition coefficient (Wildman–Crippen LogP) is 18.8. The van der Waals surface area contributed by atoms with Crippen LogP contribution in [0.1, 0.15) is 90.1 Å². The zero-order chi connectivity index (χ0) is 53.0. The summed E-state index contributed by atoms with van der Waals surface area (Å²) in [5.74, 6) is 1.77. The average Bonchev–Trinajstić information content (AvgIpc) is 4.08. The van der Waals surface area contributed by atoms with Gasteiger partial charge in [0.15, 0.2) is 0 Å². The van der Waals surface area contributed by atoms with Gasteiger partial charge < -0.3 is 9.52 Å². The first-order valence-electron chi connectivity index (χ1n) is 26.5. The molecule has 6 heteroatoms. The third kappa shape index (κ3) is 8.28. The Morgan fingerprint density at radius 1 is 0.421 bits per heavy atom. The van der Waals surface area contributed by atoms with Crippen LogP contribution in [0.15, 0.2) is 186 Å². The van der Waals surface area contributed by atoms with E-state index in [1.165, 1.54) is 5.56 Å². The molecule has 6 nitrogen and oxygen atoms in total. The Balaban J connectivity index is 1.14. The van der Waals surface area contributed by atoms with Crippen LogP contribution < -0.4 is 0 Å². The van der Waals surface area contributed by atoms with Crippen LogP contribution in [-0.2, 0) is 16.2 Å². The summed E-state index contributed by atoms with van der Waals surface area (Å²) in [4.78, 5) is 11.3. The molecule has 9 aromatic carbocycles. The van der Waals surface area contributed by atoms with Crippen molar-refractivity contribution < 1.29 is 9.52 Å². The molecule has 376 valence electrons. The lowest BCUT2D eigenvalue weighted by Gasteiger charge is -2.27. The first kappa shape index (κ1) is 48.5. The second kappa shape index (κ2) is 17.8. The number of aromatic hydroxyl groups is 1. The van der Waals surface area contributed by atoms with Gasteiger partial charge in [0.2, 0.25) is 0 Å². The Labute approximate surface area is 446 Å². The second-order valence-electron chi connectivity index (χ2n) is 23.8. The van der Waals surface area contributed by atoms with Gasteiger partial charge in [0.1, 0.15) is 28.6 Å². The van der Waals surface area contributed by atoms with Crippen LogP contribution in [0, 0.1) is 13.8 Å². The van der Waals surface area contributed by atoms with Crippen molar-refractivity contribution in [3.63, 3.8) is 0 Å². The van der Waals surface area contributed by atoms with Crippen LogP contribution in [0.2, 0.25) is 0 Å². The Bertz CT molecular complexity index is 4220. The molecular formula is C70H64N4O2. The summed E-state index contributed by atoms with van der Waals surface area (Å²) in [6, 6.07) is 64.8. The van der Waals surface area contributed by atoms with Gasteiger partial charge in [0.05, 0.1) is 39.0 Å². The van der Waals surface area contributed by atoms with E-state index in [2.05, 4.69) is 267 Å². The Morgan fingerprint density at radius 2 is 1.04 bits per heavy atom. The highest BCUT2D eigenvalue weighted by atomic mass is 16.3. The number of hydrogen-bond donors (Lipinski definition) is 1. The third-order valence-corrected chi connectivity index (χ3v) is 15.3.